The SMILES string of the molecule is CCCNC(Cc1cc(C)nn1CC)c1ccnnc1. The van der Waals surface area contributed by atoms with Gasteiger partial charge in [-0.25, -0.2) is 0 Å². The van der Waals surface area contributed by atoms with E-state index in [1.807, 2.05) is 19.2 Å². The summed E-state index contributed by atoms with van der Waals surface area (Å²) in [6, 6.07) is 4.45. The molecule has 0 amide bonds. The zero-order chi connectivity index (χ0) is 14.4. The molecule has 2 aromatic heterocycles. The van der Waals surface area contributed by atoms with E-state index in [0.29, 0.717) is 0 Å². The Bertz CT molecular complexity index is 520. The van der Waals surface area contributed by atoms with Crippen LogP contribution in [0.2, 0.25) is 0 Å². The first-order chi connectivity index (χ1) is 9.74. The molecule has 2 heterocycles. The van der Waals surface area contributed by atoms with E-state index >= 15 is 0 Å². The molecule has 2 aromatic rings. The monoisotopic (exact) mass is 273 g/mol. The molecule has 0 saturated carbocycles. The summed E-state index contributed by atoms with van der Waals surface area (Å²) >= 11 is 0. The van der Waals surface area contributed by atoms with Crippen molar-refractivity contribution in [3.05, 3.63) is 41.5 Å². The van der Waals surface area contributed by atoms with Crippen molar-refractivity contribution in [1.82, 2.24) is 25.3 Å². The molecule has 2 rings (SSSR count). The van der Waals surface area contributed by atoms with Gasteiger partial charge in [-0.15, -0.1) is 0 Å². The molecule has 1 N–H and O–H groups in total. The van der Waals surface area contributed by atoms with E-state index in [-0.39, 0.29) is 6.04 Å². The van der Waals surface area contributed by atoms with Gasteiger partial charge in [-0.05, 0) is 44.5 Å². The van der Waals surface area contributed by atoms with Crippen molar-refractivity contribution in [2.75, 3.05) is 6.54 Å². The molecule has 5 nitrogen and oxygen atoms in total. The van der Waals surface area contributed by atoms with Crippen molar-refractivity contribution in [2.45, 2.75) is 46.2 Å². The van der Waals surface area contributed by atoms with Crippen LogP contribution in [0.1, 0.15) is 43.3 Å². The van der Waals surface area contributed by atoms with Crippen molar-refractivity contribution in [3.63, 3.8) is 0 Å². The Labute approximate surface area is 120 Å². The van der Waals surface area contributed by atoms with Crippen LogP contribution in [0.15, 0.2) is 24.5 Å². The number of rotatable bonds is 7. The van der Waals surface area contributed by atoms with Gasteiger partial charge in [0.1, 0.15) is 0 Å². The minimum absolute atomic E-state index is 0.256. The lowest BCUT2D eigenvalue weighted by Gasteiger charge is -2.18. The lowest BCUT2D eigenvalue weighted by molar-refractivity contribution is 0.500. The summed E-state index contributed by atoms with van der Waals surface area (Å²) in [5.41, 5.74) is 3.51. The molecule has 1 unspecified atom stereocenters. The molecule has 0 aromatic carbocycles. The standard InChI is InChI=1S/C15H23N5/c1-4-7-16-15(13-6-8-17-18-11-13)10-14-9-12(3)19-20(14)5-2/h6,8-9,11,15-16H,4-5,7,10H2,1-3H3. The third-order valence-corrected chi connectivity index (χ3v) is 3.35. The summed E-state index contributed by atoms with van der Waals surface area (Å²) in [7, 11) is 0. The van der Waals surface area contributed by atoms with Crippen LogP contribution in [-0.2, 0) is 13.0 Å². The van der Waals surface area contributed by atoms with E-state index in [1.165, 1.54) is 11.3 Å². The van der Waals surface area contributed by atoms with Gasteiger partial charge < -0.3 is 5.32 Å². The molecule has 0 aliphatic carbocycles. The average Bonchev–Trinajstić information content (AvgIpc) is 2.84. The highest BCUT2D eigenvalue weighted by Gasteiger charge is 2.15. The van der Waals surface area contributed by atoms with Gasteiger partial charge in [0.05, 0.1) is 11.9 Å². The topological polar surface area (TPSA) is 55.6 Å². The minimum Gasteiger partial charge on any atom is -0.310 e. The molecule has 1 atom stereocenters. The van der Waals surface area contributed by atoms with Crippen LogP contribution in [-0.4, -0.2) is 26.5 Å². The molecule has 5 heteroatoms. The molecule has 108 valence electrons. The Morgan fingerprint density at radius 2 is 2.15 bits per heavy atom. The number of hydrogen-bond donors (Lipinski definition) is 1. The molecule has 0 spiro atoms. The van der Waals surface area contributed by atoms with Gasteiger partial charge in [0.15, 0.2) is 0 Å². The summed E-state index contributed by atoms with van der Waals surface area (Å²) in [5.74, 6) is 0. The Morgan fingerprint density at radius 1 is 1.30 bits per heavy atom. The van der Waals surface area contributed by atoms with Gasteiger partial charge in [-0.1, -0.05) is 6.92 Å². The van der Waals surface area contributed by atoms with E-state index in [1.54, 1.807) is 6.20 Å². The fourth-order valence-electron chi connectivity index (χ4n) is 2.38. The summed E-state index contributed by atoms with van der Waals surface area (Å²) < 4.78 is 2.07. The Hall–Kier alpha value is -1.75. The number of aromatic nitrogens is 4. The van der Waals surface area contributed by atoms with Crippen LogP contribution in [0.4, 0.5) is 0 Å². The molecule has 0 radical (unpaired) electrons. The van der Waals surface area contributed by atoms with E-state index in [0.717, 1.165) is 31.6 Å². The Balaban J connectivity index is 2.19. The number of hydrogen-bond acceptors (Lipinski definition) is 4. The van der Waals surface area contributed by atoms with Gasteiger partial charge in [-0.3, -0.25) is 4.68 Å². The van der Waals surface area contributed by atoms with Crippen LogP contribution >= 0.6 is 0 Å². The maximum absolute atomic E-state index is 4.52. The van der Waals surface area contributed by atoms with Gasteiger partial charge in [-0.2, -0.15) is 15.3 Å². The first-order valence-corrected chi connectivity index (χ1v) is 7.27. The van der Waals surface area contributed by atoms with Crippen molar-refractivity contribution in [3.8, 4) is 0 Å². The van der Waals surface area contributed by atoms with Gasteiger partial charge >= 0.3 is 0 Å². The molecular weight excluding hydrogens is 250 g/mol. The summed E-state index contributed by atoms with van der Waals surface area (Å²) in [5, 5.41) is 16.0. The van der Waals surface area contributed by atoms with Crippen molar-refractivity contribution in [1.29, 1.82) is 0 Å². The number of aryl methyl sites for hydroxylation is 2. The molecule has 0 saturated heterocycles. The normalized spacial score (nSPS) is 12.6. The fourth-order valence-corrected chi connectivity index (χ4v) is 2.38. The van der Waals surface area contributed by atoms with Crippen LogP contribution in [0, 0.1) is 6.92 Å². The zero-order valence-electron chi connectivity index (χ0n) is 12.5. The molecule has 0 fully saturated rings. The highest BCUT2D eigenvalue weighted by molar-refractivity contribution is 5.17. The Morgan fingerprint density at radius 3 is 2.80 bits per heavy atom. The first kappa shape index (κ1) is 14.7. The quantitative estimate of drug-likeness (QED) is 0.841. The third kappa shape index (κ3) is 3.63. The van der Waals surface area contributed by atoms with Crippen LogP contribution in [0.3, 0.4) is 0 Å². The van der Waals surface area contributed by atoms with Crippen molar-refractivity contribution < 1.29 is 0 Å². The van der Waals surface area contributed by atoms with Crippen molar-refractivity contribution in [2.24, 2.45) is 0 Å². The fraction of sp³-hybridized carbons (Fsp3) is 0.533. The van der Waals surface area contributed by atoms with E-state index in [4.69, 9.17) is 0 Å². The van der Waals surface area contributed by atoms with Crippen molar-refractivity contribution >= 4 is 0 Å². The largest absolute Gasteiger partial charge is 0.310 e. The number of nitrogens with zero attached hydrogens (tertiary/aromatic N) is 4. The average molecular weight is 273 g/mol. The molecule has 0 aliphatic rings. The maximum atomic E-state index is 4.52. The number of nitrogens with one attached hydrogen (secondary N) is 1. The molecular formula is C15H23N5. The smallest absolute Gasteiger partial charge is 0.0596 e. The first-order valence-electron chi connectivity index (χ1n) is 7.27. The lowest BCUT2D eigenvalue weighted by Crippen LogP contribution is -2.25. The minimum atomic E-state index is 0.256. The van der Waals surface area contributed by atoms with Crippen LogP contribution < -0.4 is 5.32 Å². The second-order valence-corrected chi connectivity index (χ2v) is 4.98. The summed E-state index contributed by atoms with van der Waals surface area (Å²) in [6.07, 6.45) is 5.62. The molecule has 0 bridgehead atoms. The second kappa shape index (κ2) is 7.14. The predicted octanol–water partition coefficient (Wildman–Crippen LogP) is 2.28. The highest BCUT2D eigenvalue weighted by atomic mass is 15.3. The van der Waals surface area contributed by atoms with E-state index < -0.39 is 0 Å². The van der Waals surface area contributed by atoms with Crippen LogP contribution in [0.25, 0.3) is 0 Å². The molecule has 0 aliphatic heterocycles. The van der Waals surface area contributed by atoms with E-state index in [2.05, 4.69) is 45.2 Å². The third-order valence-electron chi connectivity index (χ3n) is 3.35. The Kier molecular flexibility index (Phi) is 5.24. The van der Waals surface area contributed by atoms with Gasteiger partial charge in [0.2, 0.25) is 0 Å². The highest BCUT2D eigenvalue weighted by Crippen LogP contribution is 2.18. The second-order valence-electron chi connectivity index (χ2n) is 4.98. The predicted molar refractivity (Wildman–Crippen MR) is 79.4 cm³/mol. The maximum Gasteiger partial charge on any atom is 0.0596 e. The van der Waals surface area contributed by atoms with Gasteiger partial charge in [0, 0.05) is 30.9 Å². The van der Waals surface area contributed by atoms with Crippen LogP contribution in [0.5, 0.6) is 0 Å². The van der Waals surface area contributed by atoms with E-state index in [9.17, 15) is 0 Å². The zero-order valence-corrected chi connectivity index (χ0v) is 12.5. The summed E-state index contributed by atoms with van der Waals surface area (Å²) in [6.45, 7) is 8.23. The molecule has 20 heavy (non-hydrogen) atoms. The van der Waals surface area contributed by atoms with Gasteiger partial charge in [0.25, 0.3) is 0 Å². The summed E-state index contributed by atoms with van der Waals surface area (Å²) in [4.78, 5) is 0. The lowest BCUT2D eigenvalue weighted by atomic mass is 10.0.